The van der Waals surface area contributed by atoms with Crippen LogP contribution in [0.3, 0.4) is 0 Å². The van der Waals surface area contributed by atoms with Crippen molar-refractivity contribution in [3.8, 4) is 0 Å². The average molecular weight is 183 g/mol. The van der Waals surface area contributed by atoms with Crippen LogP contribution in [0.4, 0.5) is 0 Å². The summed E-state index contributed by atoms with van der Waals surface area (Å²) in [5, 5.41) is 15.7. The fourth-order valence-electron chi connectivity index (χ4n) is 1.07. The van der Waals surface area contributed by atoms with Crippen LogP contribution in [0.25, 0.3) is 0 Å². The first kappa shape index (κ1) is 9.73. The summed E-state index contributed by atoms with van der Waals surface area (Å²) in [4.78, 5) is 10.6. The number of amides is 1. The lowest BCUT2D eigenvalue weighted by Gasteiger charge is -1.99. The van der Waals surface area contributed by atoms with Crippen LogP contribution in [0.5, 0.6) is 0 Å². The topological polar surface area (TPSA) is 67.2 Å². The van der Waals surface area contributed by atoms with Crippen LogP contribution >= 0.6 is 0 Å². The lowest BCUT2D eigenvalue weighted by molar-refractivity contribution is -0.119. The molecule has 0 saturated heterocycles. The molecule has 0 aliphatic rings. The normalized spacial score (nSPS) is 10.1. The average Bonchev–Trinajstić information content (AvgIpc) is 2.42. The fraction of sp³-hybridized carbons (Fsp3) is 0.500. The fourth-order valence-corrected chi connectivity index (χ4v) is 1.07. The van der Waals surface area contributed by atoms with E-state index in [0.717, 1.165) is 5.56 Å². The number of aryl methyl sites for hydroxylation is 1. The number of nitrogens with zero attached hydrogens (tertiary/aromatic N) is 2. The van der Waals surface area contributed by atoms with Crippen molar-refractivity contribution in [3.05, 3.63) is 17.5 Å². The molecule has 72 valence electrons. The first-order valence-corrected chi connectivity index (χ1v) is 4.00. The van der Waals surface area contributed by atoms with E-state index < -0.39 is 0 Å². The monoisotopic (exact) mass is 183 g/mol. The molecular weight excluding hydrogens is 170 g/mol. The molecule has 0 saturated carbocycles. The SMILES string of the molecule is CC(=O)NCc1nn(C)cc1CO. The van der Waals surface area contributed by atoms with Crippen LogP contribution < -0.4 is 5.32 Å². The van der Waals surface area contributed by atoms with Gasteiger partial charge < -0.3 is 10.4 Å². The van der Waals surface area contributed by atoms with Gasteiger partial charge in [0.05, 0.1) is 18.8 Å². The molecule has 5 nitrogen and oxygen atoms in total. The number of hydrogen-bond donors (Lipinski definition) is 2. The Morgan fingerprint density at radius 2 is 2.46 bits per heavy atom. The van der Waals surface area contributed by atoms with Gasteiger partial charge in [0.15, 0.2) is 0 Å². The Balaban J connectivity index is 2.69. The molecule has 1 aromatic heterocycles. The molecule has 13 heavy (non-hydrogen) atoms. The summed E-state index contributed by atoms with van der Waals surface area (Å²) in [5.74, 6) is -0.102. The Hall–Kier alpha value is -1.36. The summed E-state index contributed by atoms with van der Waals surface area (Å²) in [6, 6.07) is 0. The van der Waals surface area contributed by atoms with Crippen molar-refractivity contribution in [2.45, 2.75) is 20.1 Å². The molecule has 0 unspecified atom stereocenters. The smallest absolute Gasteiger partial charge is 0.217 e. The minimum absolute atomic E-state index is 0.0528. The molecule has 0 radical (unpaired) electrons. The van der Waals surface area contributed by atoms with Gasteiger partial charge in [0, 0.05) is 25.7 Å². The van der Waals surface area contributed by atoms with Gasteiger partial charge >= 0.3 is 0 Å². The molecule has 2 N–H and O–H groups in total. The molecule has 0 fully saturated rings. The summed E-state index contributed by atoms with van der Waals surface area (Å²) in [6.07, 6.45) is 1.73. The molecule has 1 aromatic rings. The lowest BCUT2D eigenvalue weighted by atomic mass is 10.2. The number of carbonyl (C=O) groups excluding carboxylic acids is 1. The molecule has 5 heteroatoms. The molecular formula is C8H13N3O2. The highest BCUT2D eigenvalue weighted by Crippen LogP contribution is 2.05. The van der Waals surface area contributed by atoms with E-state index in [1.165, 1.54) is 6.92 Å². The van der Waals surface area contributed by atoms with Crippen LogP contribution in [-0.2, 0) is 25.0 Å². The number of carbonyl (C=O) groups is 1. The van der Waals surface area contributed by atoms with E-state index in [1.54, 1.807) is 17.9 Å². The van der Waals surface area contributed by atoms with Gasteiger partial charge in [0.25, 0.3) is 0 Å². The van der Waals surface area contributed by atoms with Crippen molar-refractivity contribution >= 4 is 5.91 Å². The summed E-state index contributed by atoms with van der Waals surface area (Å²) in [7, 11) is 1.77. The van der Waals surface area contributed by atoms with Crippen molar-refractivity contribution < 1.29 is 9.90 Å². The minimum Gasteiger partial charge on any atom is -0.392 e. The van der Waals surface area contributed by atoms with Gasteiger partial charge in [0.1, 0.15) is 0 Å². The van der Waals surface area contributed by atoms with E-state index in [2.05, 4.69) is 10.4 Å². The van der Waals surface area contributed by atoms with E-state index in [9.17, 15) is 4.79 Å². The highest BCUT2D eigenvalue weighted by Gasteiger charge is 2.06. The zero-order chi connectivity index (χ0) is 9.84. The van der Waals surface area contributed by atoms with Gasteiger partial charge in [-0.3, -0.25) is 9.48 Å². The third-order valence-corrected chi connectivity index (χ3v) is 1.67. The standard InChI is InChI=1S/C8H13N3O2/c1-6(13)9-3-8-7(5-12)4-11(2)10-8/h4,12H,3,5H2,1-2H3,(H,9,13). The quantitative estimate of drug-likeness (QED) is 0.667. The molecule has 0 bridgehead atoms. The Morgan fingerprint density at radius 1 is 1.77 bits per heavy atom. The van der Waals surface area contributed by atoms with E-state index in [-0.39, 0.29) is 12.5 Å². The molecule has 0 aromatic carbocycles. The second-order valence-corrected chi connectivity index (χ2v) is 2.84. The summed E-state index contributed by atoms with van der Waals surface area (Å²) >= 11 is 0. The van der Waals surface area contributed by atoms with Crippen molar-refractivity contribution in [2.24, 2.45) is 7.05 Å². The van der Waals surface area contributed by atoms with Gasteiger partial charge in [0.2, 0.25) is 5.91 Å². The van der Waals surface area contributed by atoms with Crippen LogP contribution in [0.2, 0.25) is 0 Å². The summed E-state index contributed by atoms with van der Waals surface area (Å²) < 4.78 is 1.61. The maximum atomic E-state index is 10.6. The zero-order valence-electron chi connectivity index (χ0n) is 7.74. The van der Waals surface area contributed by atoms with Gasteiger partial charge in [-0.05, 0) is 0 Å². The number of aromatic nitrogens is 2. The third-order valence-electron chi connectivity index (χ3n) is 1.67. The lowest BCUT2D eigenvalue weighted by Crippen LogP contribution is -2.20. The van der Waals surface area contributed by atoms with Gasteiger partial charge in [-0.2, -0.15) is 5.10 Å². The Labute approximate surface area is 76.4 Å². The second-order valence-electron chi connectivity index (χ2n) is 2.84. The van der Waals surface area contributed by atoms with Gasteiger partial charge in [-0.25, -0.2) is 0 Å². The van der Waals surface area contributed by atoms with E-state index in [0.29, 0.717) is 12.2 Å². The first-order valence-electron chi connectivity index (χ1n) is 4.00. The highest BCUT2D eigenvalue weighted by atomic mass is 16.3. The van der Waals surface area contributed by atoms with Crippen molar-refractivity contribution in [1.82, 2.24) is 15.1 Å². The largest absolute Gasteiger partial charge is 0.392 e. The summed E-state index contributed by atoms with van der Waals surface area (Å²) in [5.41, 5.74) is 1.46. The van der Waals surface area contributed by atoms with E-state index in [4.69, 9.17) is 5.11 Å². The van der Waals surface area contributed by atoms with E-state index >= 15 is 0 Å². The predicted molar refractivity (Wildman–Crippen MR) is 46.7 cm³/mol. The number of aliphatic hydroxyl groups excluding tert-OH is 1. The molecule has 1 rings (SSSR count). The molecule has 1 heterocycles. The van der Waals surface area contributed by atoms with Crippen LogP contribution in [0, 0.1) is 0 Å². The minimum atomic E-state index is -0.102. The molecule has 0 spiro atoms. The first-order chi connectivity index (χ1) is 6.13. The molecule has 0 aliphatic carbocycles. The number of rotatable bonds is 3. The van der Waals surface area contributed by atoms with Crippen molar-refractivity contribution in [3.63, 3.8) is 0 Å². The number of nitrogens with one attached hydrogen (secondary N) is 1. The van der Waals surface area contributed by atoms with Gasteiger partial charge in [-0.1, -0.05) is 0 Å². The van der Waals surface area contributed by atoms with E-state index in [1.807, 2.05) is 0 Å². The highest BCUT2D eigenvalue weighted by molar-refractivity contribution is 5.72. The molecule has 1 amide bonds. The van der Waals surface area contributed by atoms with Crippen molar-refractivity contribution in [1.29, 1.82) is 0 Å². The summed E-state index contributed by atoms with van der Waals surface area (Å²) in [6.45, 7) is 1.76. The third kappa shape index (κ3) is 2.55. The van der Waals surface area contributed by atoms with Crippen molar-refractivity contribution in [2.75, 3.05) is 0 Å². The molecule has 0 aliphatic heterocycles. The Kier molecular flexibility index (Phi) is 3.02. The van der Waals surface area contributed by atoms with Crippen LogP contribution in [0.1, 0.15) is 18.2 Å². The second kappa shape index (κ2) is 4.04. The predicted octanol–water partition coefficient (Wildman–Crippen LogP) is -0.452. The Morgan fingerprint density at radius 3 is 3.00 bits per heavy atom. The molecule has 0 atom stereocenters. The number of aliphatic hydroxyl groups is 1. The Bertz CT molecular complexity index is 306. The van der Waals surface area contributed by atoms with Crippen LogP contribution in [-0.4, -0.2) is 20.8 Å². The van der Waals surface area contributed by atoms with Crippen LogP contribution in [0.15, 0.2) is 6.20 Å². The number of hydrogen-bond acceptors (Lipinski definition) is 3. The maximum Gasteiger partial charge on any atom is 0.217 e. The maximum absolute atomic E-state index is 10.6. The van der Waals surface area contributed by atoms with Gasteiger partial charge in [-0.15, -0.1) is 0 Å². The zero-order valence-corrected chi connectivity index (χ0v) is 7.74.